The third kappa shape index (κ3) is 2.46. The number of hydrogen-bond donors (Lipinski definition) is 1. The molecule has 1 N–H and O–H groups in total. The van der Waals surface area contributed by atoms with E-state index < -0.39 is 0 Å². The summed E-state index contributed by atoms with van der Waals surface area (Å²) in [5.41, 5.74) is 2.66. The smallest absolute Gasteiger partial charge is 0.239 e. The minimum atomic E-state index is -0.0148. The average molecular weight is 259 g/mol. The second-order valence-corrected chi connectivity index (χ2v) is 5.00. The van der Waals surface area contributed by atoms with Gasteiger partial charge in [0.05, 0.1) is 6.04 Å². The summed E-state index contributed by atoms with van der Waals surface area (Å²) < 4.78 is 5.27. The fraction of sp³-hybridized carbons (Fsp3) is 0.429. The molecule has 1 aromatic carbocycles. The molecule has 0 saturated carbocycles. The molecule has 1 fully saturated rings. The summed E-state index contributed by atoms with van der Waals surface area (Å²) in [6.07, 6.45) is 3.45. The van der Waals surface area contributed by atoms with Crippen LogP contribution in [-0.4, -0.2) is 35.4 Å². The normalized spacial score (nSPS) is 18.9. The van der Waals surface area contributed by atoms with Crippen molar-refractivity contribution >= 4 is 17.0 Å². The minimum Gasteiger partial charge on any atom is -0.443 e. The van der Waals surface area contributed by atoms with Crippen LogP contribution < -0.4 is 5.32 Å². The molecule has 1 unspecified atom stereocenters. The van der Waals surface area contributed by atoms with Crippen LogP contribution in [0.1, 0.15) is 18.4 Å². The van der Waals surface area contributed by atoms with Crippen molar-refractivity contribution < 1.29 is 9.21 Å². The molecule has 0 bridgehead atoms. The quantitative estimate of drug-likeness (QED) is 0.908. The van der Waals surface area contributed by atoms with E-state index in [4.69, 9.17) is 4.42 Å². The number of hydrogen-bond acceptors (Lipinski definition) is 4. The second-order valence-electron chi connectivity index (χ2n) is 5.00. The Bertz CT molecular complexity index is 587. The Morgan fingerprint density at radius 2 is 2.47 bits per heavy atom. The van der Waals surface area contributed by atoms with Gasteiger partial charge in [0.25, 0.3) is 0 Å². The molecule has 2 heterocycles. The van der Waals surface area contributed by atoms with E-state index in [-0.39, 0.29) is 11.9 Å². The Kier molecular flexibility index (Phi) is 3.21. The Labute approximate surface area is 111 Å². The van der Waals surface area contributed by atoms with Crippen LogP contribution >= 0.6 is 0 Å². The molecule has 0 radical (unpaired) electrons. The lowest BCUT2D eigenvalue weighted by Crippen LogP contribution is -2.41. The number of likely N-dealkylation sites (N-methyl/N-ethyl adjacent to an activating group) is 1. The van der Waals surface area contributed by atoms with Gasteiger partial charge >= 0.3 is 0 Å². The third-order valence-corrected chi connectivity index (χ3v) is 3.55. The topological polar surface area (TPSA) is 58.4 Å². The van der Waals surface area contributed by atoms with Gasteiger partial charge in [0.15, 0.2) is 12.0 Å². The molecule has 1 amide bonds. The maximum Gasteiger partial charge on any atom is 0.239 e. The number of fused-ring (bicyclic) bond motifs is 1. The van der Waals surface area contributed by atoms with Crippen LogP contribution in [0.15, 0.2) is 29.0 Å². The first kappa shape index (κ1) is 12.2. The lowest BCUT2D eigenvalue weighted by atomic mass is 10.1. The van der Waals surface area contributed by atoms with E-state index in [0.29, 0.717) is 6.54 Å². The monoisotopic (exact) mass is 259 g/mol. The molecule has 0 aliphatic carbocycles. The summed E-state index contributed by atoms with van der Waals surface area (Å²) in [7, 11) is 1.84. The van der Waals surface area contributed by atoms with E-state index in [9.17, 15) is 4.79 Å². The van der Waals surface area contributed by atoms with Gasteiger partial charge < -0.3 is 14.6 Å². The van der Waals surface area contributed by atoms with Crippen molar-refractivity contribution in [2.24, 2.45) is 0 Å². The molecule has 1 saturated heterocycles. The number of oxazole rings is 1. The predicted octanol–water partition coefficient (Wildman–Crippen LogP) is 1.54. The summed E-state index contributed by atoms with van der Waals surface area (Å²) in [5, 5.41) is 3.23. The van der Waals surface area contributed by atoms with Gasteiger partial charge in [0, 0.05) is 13.6 Å². The van der Waals surface area contributed by atoms with Crippen molar-refractivity contribution in [2.75, 3.05) is 13.6 Å². The SMILES string of the molecule is CN(Cc1ccc2ncoc2c1)C(=O)C1CCCN1. The lowest BCUT2D eigenvalue weighted by Gasteiger charge is -2.21. The fourth-order valence-electron chi connectivity index (χ4n) is 2.51. The first-order valence-electron chi connectivity index (χ1n) is 6.54. The maximum atomic E-state index is 12.2. The molecule has 100 valence electrons. The predicted molar refractivity (Wildman–Crippen MR) is 71.5 cm³/mol. The van der Waals surface area contributed by atoms with Crippen molar-refractivity contribution in [2.45, 2.75) is 25.4 Å². The molecule has 5 nitrogen and oxygen atoms in total. The molecule has 5 heteroatoms. The summed E-state index contributed by atoms with van der Waals surface area (Å²) in [5.74, 6) is 0.162. The van der Waals surface area contributed by atoms with Gasteiger partial charge in [0.1, 0.15) is 5.52 Å². The molecule has 1 aromatic heterocycles. The number of amides is 1. The highest BCUT2D eigenvalue weighted by molar-refractivity contribution is 5.82. The summed E-state index contributed by atoms with van der Waals surface area (Å²) in [4.78, 5) is 18.0. The van der Waals surface area contributed by atoms with Gasteiger partial charge in [-0.2, -0.15) is 0 Å². The van der Waals surface area contributed by atoms with Crippen LogP contribution in [-0.2, 0) is 11.3 Å². The van der Waals surface area contributed by atoms with Crippen LogP contribution in [0.25, 0.3) is 11.1 Å². The molecule has 2 aromatic rings. The van der Waals surface area contributed by atoms with Gasteiger partial charge in [-0.15, -0.1) is 0 Å². The average Bonchev–Trinajstić information content (AvgIpc) is 3.08. The van der Waals surface area contributed by atoms with E-state index in [0.717, 1.165) is 36.0 Å². The molecular formula is C14H17N3O2. The van der Waals surface area contributed by atoms with Gasteiger partial charge in [0.2, 0.25) is 5.91 Å². The van der Waals surface area contributed by atoms with Crippen LogP contribution in [0.4, 0.5) is 0 Å². The number of nitrogens with zero attached hydrogens (tertiary/aromatic N) is 2. The molecular weight excluding hydrogens is 242 g/mol. The van der Waals surface area contributed by atoms with Crippen LogP contribution in [0.3, 0.4) is 0 Å². The first-order chi connectivity index (χ1) is 9.24. The van der Waals surface area contributed by atoms with E-state index in [2.05, 4.69) is 10.3 Å². The number of rotatable bonds is 3. The Hall–Kier alpha value is -1.88. The summed E-state index contributed by atoms with van der Waals surface area (Å²) in [6.45, 7) is 1.53. The molecule has 19 heavy (non-hydrogen) atoms. The van der Waals surface area contributed by atoms with E-state index in [1.54, 1.807) is 4.90 Å². The van der Waals surface area contributed by atoms with E-state index >= 15 is 0 Å². The molecule has 1 aliphatic rings. The zero-order valence-electron chi connectivity index (χ0n) is 10.9. The van der Waals surface area contributed by atoms with Gasteiger partial charge in [-0.1, -0.05) is 6.07 Å². The lowest BCUT2D eigenvalue weighted by molar-refractivity contribution is -0.132. The number of carbonyl (C=O) groups excluding carboxylic acids is 1. The van der Waals surface area contributed by atoms with Gasteiger partial charge in [-0.3, -0.25) is 4.79 Å². The largest absolute Gasteiger partial charge is 0.443 e. The molecule has 1 aliphatic heterocycles. The second kappa shape index (κ2) is 5.01. The van der Waals surface area contributed by atoms with Crippen LogP contribution in [0.5, 0.6) is 0 Å². The van der Waals surface area contributed by atoms with Crippen molar-refractivity contribution in [1.29, 1.82) is 0 Å². The number of carbonyl (C=O) groups is 1. The third-order valence-electron chi connectivity index (χ3n) is 3.55. The highest BCUT2D eigenvalue weighted by Gasteiger charge is 2.24. The molecule has 1 atom stereocenters. The Morgan fingerprint density at radius 1 is 1.58 bits per heavy atom. The first-order valence-corrected chi connectivity index (χ1v) is 6.54. The van der Waals surface area contributed by atoms with Gasteiger partial charge in [-0.05, 0) is 37.1 Å². The fourth-order valence-corrected chi connectivity index (χ4v) is 2.51. The summed E-state index contributed by atoms with van der Waals surface area (Å²) >= 11 is 0. The highest BCUT2D eigenvalue weighted by atomic mass is 16.3. The zero-order valence-corrected chi connectivity index (χ0v) is 10.9. The van der Waals surface area contributed by atoms with Crippen molar-refractivity contribution in [3.63, 3.8) is 0 Å². The van der Waals surface area contributed by atoms with Crippen LogP contribution in [0.2, 0.25) is 0 Å². The number of nitrogens with one attached hydrogen (secondary N) is 1. The number of benzene rings is 1. The summed E-state index contributed by atoms with van der Waals surface area (Å²) in [6, 6.07) is 5.82. The highest BCUT2D eigenvalue weighted by Crippen LogP contribution is 2.16. The number of aromatic nitrogens is 1. The van der Waals surface area contributed by atoms with Crippen molar-refractivity contribution in [3.05, 3.63) is 30.2 Å². The maximum absolute atomic E-state index is 12.2. The molecule has 3 rings (SSSR count). The minimum absolute atomic E-state index is 0.0148. The van der Waals surface area contributed by atoms with E-state index in [1.165, 1.54) is 6.39 Å². The molecule has 0 spiro atoms. The Balaban J connectivity index is 1.70. The Morgan fingerprint density at radius 3 is 3.26 bits per heavy atom. The standard InChI is InChI=1S/C14H17N3O2/c1-17(14(18)12-3-2-6-15-12)8-10-4-5-11-13(7-10)19-9-16-11/h4-5,7,9,12,15H,2-3,6,8H2,1H3. The van der Waals surface area contributed by atoms with Crippen molar-refractivity contribution in [1.82, 2.24) is 15.2 Å². The van der Waals surface area contributed by atoms with E-state index in [1.807, 2.05) is 25.2 Å². The van der Waals surface area contributed by atoms with Crippen LogP contribution in [0, 0.1) is 0 Å². The van der Waals surface area contributed by atoms with Gasteiger partial charge in [-0.25, -0.2) is 4.98 Å². The zero-order chi connectivity index (χ0) is 13.2. The van der Waals surface area contributed by atoms with Crippen molar-refractivity contribution in [3.8, 4) is 0 Å².